The lowest BCUT2D eigenvalue weighted by atomic mass is 9.79. The summed E-state index contributed by atoms with van der Waals surface area (Å²) in [4.78, 5) is 19.1. The molecule has 0 aliphatic carbocycles. The number of halogens is 1. The van der Waals surface area contributed by atoms with Crippen molar-refractivity contribution in [1.82, 2.24) is 15.2 Å². The van der Waals surface area contributed by atoms with Crippen LogP contribution in [0.25, 0.3) is 0 Å². The van der Waals surface area contributed by atoms with Gasteiger partial charge in [0.05, 0.1) is 0 Å². The molecule has 0 saturated carbocycles. The van der Waals surface area contributed by atoms with E-state index in [2.05, 4.69) is 22.1 Å². The highest BCUT2D eigenvalue weighted by atomic mass is 35.5. The van der Waals surface area contributed by atoms with Crippen LogP contribution in [-0.4, -0.2) is 41.0 Å². The summed E-state index contributed by atoms with van der Waals surface area (Å²) in [5.74, 6) is 1.22. The number of piperidine rings is 3. The van der Waals surface area contributed by atoms with Gasteiger partial charge >= 0.3 is 0 Å². The zero-order valence-corrected chi connectivity index (χ0v) is 15.5. The van der Waals surface area contributed by atoms with Gasteiger partial charge in [0.15, 0.2) is 0 Å². The summed E-state index contributed by atoms with van der Waals surface area (Å²) in [6.07, 6.45) is 2.36. The molecule has 4 heterocycles. The highest BCUT2D eigenvalue weighted by Crippen LogP contribution is 2.32. The van der Waals surface area contributed by atoms with Crippen LogP contribution in [0, 0.1) is 5.92 Å². The van der Waals surface area contributed by atoms with E-state index in [0.717, 1.165) is 13.1 Å². The number of rotatable bonds is 4. The number of nitrogens with one attached hydrogen (secondary N) is 1. The Hall–Kier alpha value is -1.63. The molecule has 1 N–H and O–H groups in total. The van der Waals surface area contributed by atoms with Crippen molar-refractivity contribution in [3.63, 3.8) is 0 Å². The number of amides is 1. The van der Waals surface area contributed by atoms with Gasteiger partial charge in [0.2, 0.25) is 0 Å². The highest BCUT2D eigenvalue weighted by Gasteiger charge is 2.40. The van der Waals surface area contributed by atoms with Gasteiger partial charge in [0.1, 0.15) is 10.9 Å². The van der Waals surface area contributed by atoms with Crippen LogP contribution in [0.1, 0.15) is 30.1 Å². The van der Waals surface area contributed by atoms with Crippen molar-refractivity contribution in [3.05, 3.63) is 40.4 Å². The largest absolute Gasteiger partial charge is 0.431 e. The van der Waals surface area contributed by atoms with Gasteiger partial charge in [-0.3, -0.25) is 9.69 Å². The van der Waals surface area contributed by atoms with E-state index in [-0.39, 0.29) is 11.9 Å². The van der Waals surface area contributed by atoms with Crippen molar-refractivity contribution in [3.8, 4) is 10.9 Å². The molecule has 0 spiro atoms. The third-order valence-electron chi connectivity index (χ3n) is 5.25. The van der Waals surface area contributed by atoms with Crippen molar-refractivity contribution in [2.75, 3.05) is 13.1 Å². The Labute approximate surface area is 156 Å². The number of aromatic nitrogens is 1. The summed E-state index contributed by atoms with van der Waals surface area (Å²) in [6, 6.07) is 7.78. The molecule has 2 bridgehead atoms. The summed E-state index contributed by atoms with van der Waals surface area (Å²) in [5.41, 5.74) is 0.646. The second-order valence-electron chi connectivity index (χ2n) is 6.68. The summed E-state index contributed by atoms with van der Waals surface area (Å²) < 4.78 is 5.63. The minimum Gasteiger partial charge on any atom is -0.431 e. The molecule has 25 heavy (non-hydrogen) atoms. The lowest BCUT2D eigenvalue weighted by Crippen LogP contribution is -2.62. The minimum absolute atomic E-state index is 0.0190. The molecule has 3 saturated heterocycles. The zero-order valence-electron chi connectivity index (χ0n) is 13.9. The van der Waals surface area contributed by atoms with Crippen molar-refractivity contribution in [2.45, 2.75) is 31.8 Å². The number of nitrogens with zero attached hydrogens (tertiary/aromatic N) is 2. The molecule has 5 nitrogen and oxygen atoms in total. The molecular formula is C18H20ClN3O2S. The molecule has 5 rings (SSSR count). The Morgan fingerprint density at radius 3 is 2.64 bits per heavy atom. The van der Waals surface area contributed by atoms with Gasteiger partial charge in [-0.15, -0.1) is 0 Å². The first-order valence-corrected chi connectivity index (χ1v) is 9.80. The van der Waals surface area contributed by atoms with E-state index in [1.54, 1.807) is 29.6 Å². The summed E-state index contributed by atoms with van der Waals surface area (Å²) in [5, 5.41) is 5.86. The number of carbonyl (C=O) groups is 1. The number of fused-ring (bicyclic) bond motifs is 3. The topological polar surface area (TPSA) is 54.5 Å². The van der Waals surface area contributed by atoms with E-state index in [1.807, 2.05) is 0 Å². The molecule has 1 amide bonds. The number of thiazole rings is 1. The average Bonchev–Trinajstić information content (AvgIpc) is 3.04. The van der Waals surface area contributed by atoms with Crippen LogP contribution in [0.5, 0.6) is 10.9 Å². The fourth-order valence-corrected chi connectivity index (χ4v) is 4.65. The highest BCUT2D eigenvalue weighted by molar-refractivity contribution is 7.11. The van der Waals surface area contributed by atoms with E-state index in [1.165, 1.54) is 24.2 Å². The third-order valence-corrected chi connectivity index (χ3v) is 6.29. The minimum atomic E-state index is -0.0190. The van der Waals surface area contributed by atoms with E-state index in [4.69, 9.17) is 16.3 Å². The molecule has 3 aliphatic heterocycles. The van der Waals surface area contributed by atoms with Crippen LogP contribution in [0.4, 0.5) is 0 Å². The second-order valence-corrected chi connectivity index (χ2v) is 7.88. The first-order chi connectivity index (χ1) is 12.1. The molecule has 0 radical (unpaired) electrons. The van der Waals surface area contributed by atoms with Crippen LogP contribution < -0.4 is 10.1 Å². The van der Waals surface area contributed by atoms with E-state index >= 15 is 0 Å². The molecule has 3 aliphatic rings. The SMILES string of the molecule is C[C@H]1[C@H](NC(=O)c2ccc(Oc3nc(Cl)cs3)cc2)C2CCN1CC2. The number of ether oxygens (including phenoxy) is 1. The van der Waals surface area contributed by atoms with Gasteiger partial charge < -0.3 is 10.1 Å². The molecule has 132 valence electrons. The number of carbonyl (C=O) groups excluding carboxylic acids is 1. The van der Waals surface area contributed by atoms with Crippen LogP contribution in [-0.2, 0) is 0 Å². The lowest BCUT2D eigenvalue weighted by molar-refractivity contribution is 0.0217. The maximum absolute atomic E-state index is 12.6. The molecule has 7 heteroatoms. The number of hydrogen-bond donors (Lipinski definition) is 1. The Kier molecular flexibility index (Phi) is 4.67. The normalized spacial score (nSPS) is 27.9. The van der Waals surface area contributed by atoms with Gasteiger partial charge in [-0.2, -0.15) is 4.98 Å². The molecule has 2 atom stereocenters. The second kappa shape index (κ2) is 6.94. The predicted octanol–water partition coefficient (Wildman–Crippen LogP) is 3.80. The average molecular weight is 378 g/mol. The molecule has 3 fully saturated rings. The standard InChI is InChI=1S/C18H20ClN3O2S/c1-11-16(12-6-8-22(11)9-7-12)21-17(23)13-2-4-14(5-3-13)24-18-20-15(19)10-25-18/h2-5,10-12,16H,6-9H2,1H3,(H,21,23)/t11-,16-/m0/s1. The Morgan fingerprint density at radius 2 is 2.04 bits per heavy atom. The maximum Gasteiger partial charge on any atom is 0.280 e. The van der Waals surface area contributed by atoms with Crippen molar-refractivity contribution in [1.29, 1.82) is 0 Å². The summed E-state index contributed by atoms with van der Waals surface area (Å²) >= 11 is 7.12. The van der Waals surface area contributed by atoms with Gasteiger partial charge in [0.25, 0.3) is 11.1 Å². The van der Waals surface area contributed by atoms with Crippen LogP contribution >= 0.6 is 22.9 Å². The van der Waals surface area contributed by atoms with Crippen molar-refractivity contribution in [2.24, 2.45) is 5.92 Å². The predicted molar refractivity (Wildman–Crippen MR) is 98.7 cm³/mol. The number of benzene rings is 1. The maximum atomic E-state index is 12.6. The zero-order chi connectivity index (χ0) is 17.4. The monoisotopic (exact) mass is 377 g/mol. The Bertz CT molecular complexity index is 754. The van der Waals surface area contributed by atoms with E-state index < -0.39 is 0 Å². The molecule has 1 aromatic heterocycles. The van der Waals surface area contributed by atoms with Crippen molar-refractivity contribution >= 4 is 28.8 Å². The quantitative estimate of drug-likeness (QED) is 0.880. The van der Waals surface area contributed by atoms with E-state index in [9.17, 15) is 4.79 Å². The van der Waals surface area contributed by atoms with Gasteiger partial charge in [-0.05, 0) is 63.0 Å². The Balaban J connectivity index is 1.40. The van der Waals surface area contributed by atoms with Crippen LogP contribution in [0.2, 0.25) is 5.15 Å². The van der Waals surface area contributed by atoms with Gasteiger partial charge in [-0.1, -0.05) is 22.9 Å². The third kappa shape index (κ3) is 3.52. The smallest absolute Gasteiger partial charge is 0.280 e. The molecule has 2 aromatic rings. The van der Waals surface area contributed by atoms with Crippen LogP contribution in [0.3, 0.4) is 0 Å². The summed E-state index contributed by atoms with van der Waals surface area (Å²) in [7, 11) is 0. The summed E-state index contributed by atoms with van der Waals surface area (Å²) in [6.45, 7) is 4.53. The van der Waals surface area contributed by atoms with Crippen molar-refractivity contribution < 1.29 is 9.53 Å². The lowest BCUT2D eigenvalue weighted by Gasteiger charge is -2.49. The fourth-order valence-electron chi connectivity index (χ4n) is 3.84. The van der Waals surface area contributed by atoms with E-state index in [0.29, 0.717) is 33.6 Å². The first-order valence-electron chi connectivity index (χ1n) is 8.54. The number of hydrogen-bond acceptors (Lipinski definition) is 5. The van der Waals surface area contributed by atoms with Crippen LogP contribution in [0.15, 0.2) is 29.6 Å². The fraction of sp³-hybridized carbons (Fsp3) is 0.444. The first kappa shape index (κ1) is 16.8. The molecular weight excluding hydrogens is 358 g/mol. The van der Waals surface area contributed by atoms with Gasteiger partial charge in [-0.25, -0.2) is 0 Å². The molecule has 0 unspecified atom stereocenters. The molecule has 1 aromatic carbocycles. The Morgan fingerprint density at radius 1 is 1.32 bits per heavy atom. The van der Waals surface area contributed by atoms with Gasteiger partial charge in [0, 0.05) is 23.0 Å².